The predicted octanol–water partition coefficient (Wildman–Crippen LogP) is 4.36. The van der Waals surface area contributed by atoms with Gasteiger partial charge in [0.1, 0.15) is 5.60 Å². The fourth-order valence-corrected chi connectivity index (χ4v) is 3.48. The molecule has 1 aliphatic heterocycles. The van der Waals surface area contributed by atoms with Gasteiger partial charge in [0.2, 0.25) is 0 Å². The van der Waals surface area contributed by atoms with E-state index >= 15 is 0 Å². The van der Waals surface area contributed by atoms with Crippen molar-refractivity contribution in [3.05, 3.63) is 46.6 Å². The van der Waals surface area contributed by atoms with E-state index < -0.39 is 11.0 Å². The van der Waals surface area contributed by atoms with Gasteiger partial charge in [0, 0.05) is 37.9 Å². The van der Waals surface area contributed by atoms with Gasteiger partial charge in [0.25, 0.3) is 0 Å². The summed E-state index contributed by atoms with van der Waals surface area (Å²) in [7, 11) is 3.78. The number of halogens is 1. The van der Waals surface area contributed by atoms with Crippen molar-refractivity contribution in [3.63, 3.8) is 0 Å². The van der Waals surface area contributed by atoms with Crippen molar-refractivity contribution < 1.29 is 14.3 Å². The predicted molar refractivity (Wildman–Crippen MR) is 111 cm³/mol. The molecule has 0 saturated carbocycles. The maximum absolute atomic E-state index is 13.2. The molecule has 0 atom stereocenters. The van der Waals surface area contributed by atoms with E-state index in [1.54, 1.807) is 17.2 Å². The van der Waals surface area contributed by atoms with Gasteiger partial charge in [-0.15, -0.1) is 0 Å². The molecular formula is C21H29BrN2O3. The molecule has 0 radical (unpaired) electrons. The van der Waals surface area contributed by atoms with Gasteiger partial charge in [0.15, 0.2) is 5.78 Å². The van der Waals surface area contributed by atoms with Crippen LogP contribution in [0.5, 0.6) is 0 Å². The van der Waals surface area contributed by atoms with Gasteiger partial charge in [-0.3, -0.25) is 4.79 Å². The molecule has 27 heavy (non-hydrogen) atoms. The van der Waals surface area contributed by atoms with Crippen molar-refractivity contribution >= 4 is 27.8 Å². The Hall–Kier alpha value is -1.82. The number of ketones is 1. The largest absolute Gasteiger partial charge is 0.444 e. The van der Waals surface area contributed by atoms with E-state index in [0.29, 0.717) is 25.9 Å². The lowest BCUT2D eigenvalue weighted by atomic mass is 9.69. The molecule has 1 aromatic carbocycles. The van der Waals surface area contributed by atoms with Crippen LogP contribution in [0.4, 0.5) is 4.79 Å². The van der Waals surface area contributed by atoms with Crippen LogP contribution >= 0.6 is 15.9 Å². The molecule has 1 heterocycles. The molecule has 148 valence electrons. The molecule has 0 spiro atoms. The minimum Gasteiger partial charge on any atom is -0.444 e. The highest BCUT2D eigenvalue weighted by Crippen LogP contribution is 2.38. The van der Waals surface area contributed by atoms with Crippen LogP contribution in [0, 0.1) is 0 Å². The number of carbonyl (C=O) groups is 2. The van der Waals surface area contributed by atoms with Gasteiger partial charge in [-0.05, 0) is 57.4 Å². The number of ether oxygens (including phenoxy) is 1. The third-order valence-corrected chi connectivity index (χ3v) is 5.19. The average Bonchev–Trinajstić information content (AvgIpc) is 2.58. The van der Waals surface area contributed by atoms with Crippen molar-refractivity contribution in [1.82, 2.24) is 9.80 Å². The molecule has 1 aromatic rings. The molecule has 6 heteroatoms. The van der Waals surface area contributed by atoms with Crippen molar-refractivity contribution in [2.75, 3.05) is 27.2 Å². The zero-order chi connectivity index (χ0) is 20.2. The molecule has 5 nitrogen and oxygen atoms in total. The highest BCUT2D eigenvalue weighted by atomic mass is 79.9. The zero-order valence-corrected chi connectivity index (χ0v) is 18.4. The maximum atomic E-state index is 13.2. The number of allylic oxidation sites excluding steroid dienone is 1. The van der Waals surface area contributed by atoms with E-state index in [1.807, 2.05) is 64.0 Å². The van der Waals surface area contributed by atoms with Crippen molar-refractivity contribution in [1.29, 1.82) is 0 Å². The topological polar surface area (TPSA) is 49.9 Å². The third kappa shape index (κ3) is 5.58. The monoisotopic (exact) mass is 436 g/mol. The minimum absolute atomic E-state index is 0.0716. The van der Waals surface area contributed by atoms with Gasteiger partial charge in [-0.2, -0.15) is 0 Å². The summed E-state index contributed by atoms with van der Waals surface area (Å²) in [6.07, 6.45) is 4.26. The number of carbonyl (C=O) groups excluding carboxylic acids is 2. The fourth-order valence-electron chi connectivity index (χ4n) is 3.22. The summed E-state index contributed by atoms with van der Waals surface area (Å²) in [6, 6.07) is 7.91. The molecule has 2 rings (SSSR count). The molecule has 1 fully saturated rings. The lowest BCUT2D eigenvalue weighted by Gasteiger charge is -2.41. The lowest BCUT2D eigenvalue weighted by Crippen LogP contribution is -2.49. The second kappa shape index (κ2) is 8.46. The Morgan fingerprint density at radius 3 is 2.19 bits per heavy atom. The minimum atomic E-state index is -0.619. The standard InChI is InChI=1S/C21H29BrN2O3/c1-20(2,3)27-19(26)24-14-11-21(12-15-24,18(25)10-13-23(4)5)16-6-8-17(22)9-7-16/h6-10,13H,11-12,14-15H2,1-5H3. The van der Waals surface area contributed by atoms with E-state index in [-0.39, 0.29) is 11.9 Å². The molecule has 1 amide bonds. The molecule has 0 unspecified atom stereocenters. The van der Waals surface area contributed by atoms with E-state index in [9.17, 15) is 9.59 Å². The van der Waals surface area contributed by atoms with E-state index in [0.717, 1.165) is 10.0 Å². The van der Waals surface area contributed by atoms with Crippen LogP contribution in [0.15, 0.2) is 41.0 Å². The van der Waals surface area contributed by atoms with Crippen LogP contribution in [0.1, 0.15) is 39.2 Å². The quantitative estimate of drug-likeness (QED) is 0.657. The van der Waals surface area contributed by atoms with Crippen LogP contribution in [0.3, 0.4) is 0 Å². The SMILES string of the molecule is CN(C)C=CC(=O)C1(c2ccc(Br)cc2)CCN(C(=O)OC(C)(C)C)CC1. The Bertz CT molecular complexity index is 697. The summed E-state index contributed by atoms with van der Waals surface area (Å²) in [5.41, 5.74) is -0.157. The first-order chi connectivity index (χ1) is 12.5. The van der Waals surface area contributed by atoms with Crippen molar-refractivity contribution in [2.45, 2.75) is 44.6 Å². The highest BCUT2D eigenvalue weighted by molar-refractivity contribution is 9.10. The number of hydrogen-bond acceptors (Lipinski definition) is 4. The summed E-state index contributed by atoms with van der Waals surface area (Å²) in [5, 5.41) is 0. The number of piperidine rings is 1. The lowest BCUT2D eigenvalue weighted by molar-refractivity contribution is -0.121. The van der Waals surface area contributed by atoms with Crippen LogP contribution in [-0.2, 0) is 14.9 Å². The first-order valence-corrected chi connectivity index (χ1v) is 9.96. The average molecular weight is 437 g/mol. The maximum Gasteiger partial charge on any atom is 0.410 e. The fraction of sp³-hybridized carbons (Fsp3) is 0.524. The number of likely N-dealkylation sites (tertiary alicyclic amines) is 1. The normalized spacial score (nSPS) is 17.0. The Kier molecular flexibility index (Phi) is 6.73. The number of benzene rings is 1. The number of amides is 1. The summed E-state index contributed by atoms with van der Waals surface area (Å²) >= 11 is 3.46. The Morgan fingerprint density at radius 1 is 1.15 bits per heavy atom. The Labute approximate surface area is 170 Å². The summed E-state index contributed by atoms with van der Waals surface area (Å²) < 4.78 is 6.46. The highest BCUT2D eigenvalue weighted by Gasteiger charge is 2.43. The number of nitrogens with zero attached hydrogens (tertiary/aromatic N) is 2. The Balaban J connectivity index is 2.25. The van der Waals surface area contributed by atoms with Gasteiger partial charge in [-0.25, -0.2) is 4.79 Å². The molecular weight excluding hydrogens is 408 g/mol. The van der Waals surface area contributed by atoms with Crippen molar-refractivity contribution in [3.8, 4) is 0 Å². The molecule has 0 N–H and O–H groups in total. The van der Waals surface area contributed by atoms with Gasteiger partial charge >= 0.3 is 6.09 Å². The van der Waals surface area contributed by atoms with Gasteiger partial charge in [-0.1, -0.05) is 28.1 Å². The van der Waals surface area contributed by atoms with E-state index in [2.05, 4.69) is 15.9 Å². The second-order valence-corrected chi connectivity index (χ2v) is 9.12. The van der Waals surface area contributed by atoms with Crippen LogP contribution in [0.25, 0.3) is 0 Å². The zero-order valence-electron chi connectivity index (χ0n) is 16.8. The van der Waals surface area contributed by atoms with Crippen LogP contribution in [0.2, 0.25) is 0 Å². The van der Waals surface area contributed by atoms with E-state index in [4.69, 9.17) is 4.74 Å². The first kappa shape index (κ1) is 21.5. The molecule has 0 bridgehead atoms. The van der Waals surface area contributed by atoms with Gasteiger partial charge < -0.3 is 14.5 Å². The molecule has 1 saturated heterocycles. The summed E-state index contributed by atoms with van der Waals surface area (Å²) in [4.78, 5) is 29.1. The molecule has 1 aliphatic rings. The van der Waals surface area contributed by atoms with Crippen LogP contribution < -0.4 is 0 Å². The summed E-state index contributed by atoms with van der Waals surface area (Å²) in [5.74, 6) is 0.0716. The summed E-state index contributed by atoms with van der Waals surface area (Å²) in [6.45, 7) is 6.56. The third-order valence-electron chi connectivity index (χ3n) is 4.66. The second-order valence-electron chi connectivity index (χ2n) is 8.20. The number of rotatable bonds is 4. The van der Waals surface area contributed by atoms with E-state index in [1.165, 1.54) is 0 Å². The molecule has 0 aliphatic carbocycles. The van der Waals surface area contributed by atoms with Crippen LogP contribution in [-0.4, -0.2) is 54.5 Å². The number of hydrogen-bond donors (Lipinski definition) is 0. The van der Waals surface area contributed by atoms with Crippen molar-refractivity contribution in [2.24, 2.45) is 0 Å². The smallest absolute Gasteiger partial charge is 0.410 e. The molecule has 0 aromatic heterocycles. The van der Waals surface area contributed by atoms with Gasteiger partial charge in [0.05, 0.1) is 5.41 Å². The Morgan fingerprint density at radius 2 is 1.70 bits per heavy atom. The first-order valence-electron chi connectivity index (χ1n) is 9.16.